The van der Waals surface area contributed by atoms with Gasteiger partial charge in [-0.3, -0.25) is 4.79 Å². The highest BCUT2D eigenvalue weighted by Crippen LogP contribution is 2.28. The van der Waals surface area contributed by atoms with Gasteiger partial charge in [0.15, 0.2) is 0 Å². The highest BCUT2D eigenvalue weighted by molar-refractivity contribution is 6.06. The van der Waals surface area contributed by atoms with E-state index in [1.54, 1.807) is 48.8 Å². The lowest BCUT2D eigenvalue weighted by atomic mass is 10.1. The molecule has 30 heavy (non-hydrogen) atoms. The summed E-state index contributed by atoms with van der Waals surface area (Å²) in [5.74, 6) is 1.48. The van der Waals surface area contributed by atoms with E-state index in [4.69, 9.17) is 9.47 Å². The van der Waals surface area contributed by atoms with Crippen molar-refractivity contribution in [1.29, 1.82) is 0 Å². The van der Waals surface area contributed by atoms with Crippen LogP contribution in [0.1, 0.15) is 15.9 Å². The first-order chi connectivity index (χ1) is 14.7. The third-order valence-corrected chi connectivity index (χ3v) is 4.30. The van der Waals surface area contributed by atoms with Gasteiger partial charge in [0.1, 0.15) is 17.2 Å². The average Bonchev–Trinajstić information content (AvgIpc) is 2.77. The van der Waals surface area contributed by atoms with Gasteiger partial charge in [0.05, 0.1) is 5.56 Å². The van der Waals surface area contributed by atoms with Crippen LogP contribution in [0.5, 0.6) is 23.3 Å². The Hall–Kier alpha value is -4.19. The van der Waals surface area contributed by atoms with E-state index in [0.29, 0.717) is 28.5 Å². The lowest BCUT2D eigenvalue weighted by Crippen LogP contribution is -2.13. The van der Waals surface area contributed by atoms with Crippen LogP contribution in [0.15, 0.2) is 91.3 Å². The first-order valence-electron chi connectivity index (χ1n) is 9.38. The van der Waals surface area contributed by atoms with Crippen LogP contribution in [0.2, 0.25) is 0 Å². The van der Waals surface area contributed by atoms with Crippen LogP contribution in [0.3, 0.4) is 0 Å². The zero-order valence-corrected chi connectivity index (χ0v) is 16.3. The van der Waals surface area contributed by atoms with E-state index >= 15 is 0 Å². The molecule has 1 heterocycles. The molecule has 148 valence electrons. The van der Waals surface area contributed by atoms with Crippen molar-refractivity contribution in [1.82, 2.24) is 9.97 Å². The molecule has 6 heteroatoms. The number of aryl methyl sites for hydroxylation is 1. The molecule has 0 aliphatic heterocycles. The molecule has 1 N–H and O–H groups in total. The molecule has 0 saturated carbocycles. The van der Waals surface area contributed by atoms with Crippen LogP contribution in [-0.2, 0) is 0 Å². The molecule has 0 aliphatic carbocycles. The number of carbonyl (C=O) groups is 1. The number of anilines is 1. The van der Waals surface area contributed by atoms with Crippen molar-refractivity contribution in [3.8, 4) is 23.3 Å². The number of hydrogen-bond acceptors (Lipinski definition) is 5. The Labute approximate surface area is 174 Å². The molecular formula is C24H19N3O3. The molecule has 0 spiro atoms. The lowest BCUT2D eigenvalue weighted by Gasteiger charge is -2.13. The van der Waals surface area contributed by atoms with Crippen LogP contribution in [0, 0.1) is 6.92 Å². The van der Waals surface area contributed by atoms with E-state index in [-0.39, 0.29) is 11.9 Å². The number of carbonyl (C=O) groups excluding carboxylic acids is 1. The summed E-state index contributed by atoms with van der Waals surface area (Å²) in [6.45, 7) is 1.89. The van der Waals surface area contributed by atoms with E-state index in [1.165, 1.54) is 0 Å². The smallest absolute Gasteiger partial charge is 0.321 e. The van der Waals surface area contributed by atoms with Crippen LogP contribution >= 0.6 is 0 Å². The summed E-state index contributed by atoms with van der Waals surface area (Å²) in [5.41, 5.74) is 1.97. The molecule has 0 unspecified atom stereocenters. The molecule has 1 aromatic heterocycles. The van der Waals surface area contributed by atoms with Gasteiger partial charge >= 0.3 is 6.01 Å². The van der Waals surface area contributed by atoms with Gasteiger partial charge in [0.25, 0.3) is 5.91 Å². The molecule has 1 amide bonds. The van der Waals surface area contributed by atoms with Crippen molar-refractivity contribution in [2.24, 2.45) is 0 Å². The maximum absolute atomic E-state index is 12.9. The fourth-order valence-corrected chi connectivity index (χ4v) is 2.83. The molecule has 4 rings (SSSR count). The quantitative estimate of drug-likeness (QED) is 0.457. The summed E-state index contributed by atoms with van der Waals surface area (Å²) in [6.07, 6.45) is 3.22. The summed E-state index contributed by atoms with van der Waals surface area (Å²) in [4.78, 5) is 21.0. The van der Waals surface area contributed by atoms with Crippen LogP contribution in [0.25, 0.3) is 0 Å². The highest BCUT2D eigenvalue weighted by Gasteiger charge is 2.14. The fourth-order valence-electron chi connectivity index (χ4n) is 2.83. The number of aromatic nitrogens is 2. The van der Waals surface area contributed by atoms with Crippen LogP contribution < -0.4 is 14.8 Å². The monoisotopic (exact) mass is 397 g/mol. The SMILES string of the molecule is Cc1cc(Oc2ncccn2)ccc1NC(=O)c1ccccc1Oc1ccccc1. The minimum absolute atomic E-state index is 0.260. The largest absolute Gasteiger partial charge is 0.457 e. The van der Waals surface area contributed by atoms with E-state index in [0.717, 1.165) is 5.56 Å². The molecule has 0 atom stereocenters. The van der Waals surface area contributed by atoms with Crippen LogP contribution in [0.4, 0.5) is 5.69 Å². The second kappa shape index (κ2) is 8.87. The number of benzene rings is 3. The first-order valence-corrected chi connectivity index (χ1v) is 9.38. The van der Waals surface area contributed by atoms with Gasteiger partial charge < -0.3 is 14.8 Å². The van der Waals surface area contributed by atoms with Crippen molar-refractivity contribution >= 4 is 11.6 Å². The summed E-state index contributed by atoms with van der Waals surface area (Å²) in [6, 6.07) is 23.8. The Balaban J connectivity index is 1.50. The summed E-state index contributed by atoms with van der Waals surface area (Å²) in [5, 5.41) is 2.94. The van der Waals surface area contributed by atoms with Crippen LogP contribution in [-0.4, -0.2) is 15.9 Å². The van der Waals surface area contributed by atoms with E-state index in [1.807, 2.05) is 49.4 Å². The number of ether oxygens (including phenoxy) is 2. The van der Waals surface area contributed by atoms with Crippen molar-refractivity contribution < 1.29 is 14.3 Å². The summed E-state index contributed by atoms with van der Waals surface area (Å²) < 4.78 is 11.5. The Morgan fingerprint density at radius 2 is 1.53 bits per heavy atom. The second-order valence-electron chi connectivity index (χ2n) is 6.48. The van der Waals surface area contributed by atoms with E-state index in [2.05, 4.69) is 15.3 Å². The average molecular weight is 397 g/mol. The third kappa shape index (κ3) is 4.62. The topological polar surface area (TPSA) is 73.3 Å². The second-order valence-corrected chi connectivity index (χ2v) is 6.48. The van der Waals surface area contributed by atoms with Crippen molar-refractivity contribution in [2.75, 3.05) is 5.32 Å². The third-order valence-electron chi connectivity index (χ3n) is 4.30. The highest BCUT2D eigenvalue weighted by atomic mass is 16.5. The number of nitrogens with one attached hydrogen (secondary N) is 1. The van der Waals surface area contributed by atoms with Gasteiger partial charge in [-0.25, -0.2) is 9.97 Å². The maximum Gasteiger partial charge on any atom is 0.321 e. The number of amides is 1. The van der Waals surface area contributed by atoms with Gasteiger partial charge in [0.2, 0.25) is 0 Å². The molecular weight excluding hydrogens is 378 g/mol. The zero-order chi connectivity index (χ0) is 20.8. The van der Waals surface area contributed by atoms with Gasteiger partial charge in [-0.15, -0.1) is 0 Å². The normalized spacial score (nSPS) is 10.3. The Bertz CT molecular complexity index is 1150. The van der Waals surface area contributed by atoms with Gasteiger partial charge in [-0.05, 0) is 61.0 Å². The zero-order valence-electron chi connectivity index (χ0n) is 16.3. The molecule has 6 nitrogen and oxygen atoms in total. The lowest BCUT2D eigenvalue weighted by molar-refractivity contribution is 0.102. The molecule has 0 saturated heterocycles. The number of rotatable bonds is 6. The fraction of sp³-hybridized carbons (Fsp3) is 0.0417. The van der Waals surface area contributed by atoms with Crippen molar-refractivity contribution in [2.45, 2.75) is 6.92 Å². The molecule has 0 fully saturated rings. The Morgan fingerprint density at radius 1 is 0.800 bits per heavy atom. The van der Waals surface area contributed by atoms with Gasteiger partial charge in [0, 0.05) is 18.1 Å². The van der Waals surface area contributed by atoms with Gasteiger partial charge in [-0.1, -0.05) is 30.3 Å². The minimum Gasteiger partial charge on any atom is -0.457 e. The Morgan fingerprint density at radius 3 is 2.30 bits per heavy atom. The van der Waals surface area contributed by atoms with Crippen molar-refractivity contribution in [3.63, 3.8) is 0 Å². The molecule has 3 aromatic carbocycles. The molecule has 0 radical (unpaired) electrons. The first kappa shape index (κ1) is 19.1. The number of nitrogens with zero attached hydrogens (tertiary/aromatic N) is 2. The van der Waals surface area contributed by atoms with E-state index < -0.39 is 0 Å². The summed E-state index contributed by atoms with van der Waals surface area (Å²) >= 11 is 0. The number of para-hydroxylation sites is 2. The maximum atomic E-state index is 12.9. The van der Waals surface area contributed by atoms with E-state index in [9.17, 15) is 4.79 Å². The predicted molar refractivity (Wildman–Crippen MR) is 114 cm³/mol. The molecule has 4 aromatic rings. The van der Waals surface area contributed by atoms with Gasteiger partial charge in [-0.2, -0.15) is 0 Å². The number of hydrogen-bond donors (Lipinski definition) is 1. The minimum atomic E-state index is -0.260. The Kier molecular flexibility index (Phi) is 5.66. The molecule has 0 aliphatic rings. The summed E-state index contributed by atoms with van der Waals surface area (Å²) in [7, 11) is 0. The standard InChI is InChI=1S/C24H19N3O3/c1-17-16-19(30-24-25-14-7-15-26-24)12-13-21(17)27-23(28)20-10-5-6-11-22(20)29-18-8-3-2-4-9-18/h2-16H,1H3,(H,27,28). The predicted octanol–water partition coefficient (Wildman–Crippen LogP) is 5.62. The van der Waals surface area contributed by atoms with Crippen molar-refractivity contribution in [3.05, 3.63) is 102 Å². The molecule has 0 bridgehead atoms.